The molecule has 1 unspecified atom stereocenters. The average Bonchev–Trinajstić information content (AvgIpc) is 2.89. The van der Waals surface area contributed by atoms with Gasteiger partial charge < -0.3 is 5.32 Å². The van der Waals surface area contributed by atoms with Crippen LogP contribution in [0.4, 0.5) is 4.39 Å². The summed E-state index contributed by atoms with van der Waals surface area (Å²) >= 11 is 0. The van der Waals surface area contributed by atoms with Gasteiger partial charge in [0.05, 0.1) is 0 Å². The minimum atomic E-state index is -0.133. The number of halogens is 2. The molecule has 2 aliphatic heterocycles. The first-order valence-corrected chi connectivity index (χ1v) is 7.53. The number of nitrogens with zero attached hydrogens (tertiary/aromatic N) is 1. The minimum Gasteiger partial charge on any atom is -0.317 e. The van der Waals surface area contributed by atoms with Crippen molar-refractivity contribution in [3.8, 4) is 0 Å². The normalized spacial score (nSPS) is 24.6. The van der Waals surface area contributed by atoms with Crippen molar-refractivity contribution in [2.24, 2.45) is 5.92 Å². The topological polar surface area (TPSA) is 15.3 Å². The molecule has 1 N–H and O–H groups in total. The maximum atomic E-state index is 13.0. The molecule has 1 aromatic rings. The summed E-state index contributed by atoms with van der Waals surface area (Å²) < 4.78 is 13.0. The Morgan fingerprint density at radius 2 is 1.80 bits per heavy atom. The van der Waals surface area contributed by atoms with Crippen molar-refractivity contribution in [3.63, 3.8) is 0 Å². The predicted molar refractivity (Wildman–Crippen MR) is 82.8 cm³/mol. The zero-order chi connectivity index (χ0) is 13.1. The van der Waals surface area contributed by atoms with Gasteiger partial charge >= 0.3 is 0 Å². The summed E-state index contributed by atoms with van der Waals surface area (Å²) in [6.45, 7) is 4.75. The Labute approximate surface area is 127 Å². The number of likely N-dealkylation sites (tertiary alicyclic amines) is 1. The second-order valence-corrected chi connectivity index (χ2v) is 5.90. The molecular weight excluding hydrogens is 275 g/mol. The monoisotopic (exact) mass is 298 g/mol. The van der Waals surface area contributed by atoms with Crippen LogP contribution in [0.15, 0.2) is 24.3 Å². The van der Waals surface area contributed by atoms with Crippen molar-refractivity contribution >= 4 is 12.4 Å². The van der Waals surface area contributed by atoms with E-state index < -0.39 is 0 Å². The van der Waals surface area contributed by atoms with Crippen LogP contribution in [0.25, 0.3) is 0 Å². The van der Waals surface area contributed by atoms with Crippen molar-refractivity contribution in [1.29, 1.82) is 0 Å². The maximum Gasteiger partial charge on any atom is 0.123 e. The van der Waals surface area contributed by atoms with Crippen molar-refractivity contribution in [2.45, 2.75) is 31.7 Å². The number of piperidine rings is 1. The molecule has 2 fully saturated rings. The van der Waals surface area contributed by atoms with Crippen LogP contribution in [-0.2, 0) is 0 Å². The quantitative estimate of drug-likeness (QED) is 0.920. The molecule has 1 atom stereocenters. The van der Waals surface area contributed by atoms with Crippen LogP contribution in [0.3, 0.4) is 0 Å². The first-order valence-electron chi connectivity index (χ1n) is 7.53. The summed E-state index contributed by atoms with van der Waals surface area (Å²) in [5.41, 5.74) is 1.29. The molecule has 4 heteroatoms. The molecule has 2 heterocycles. The van der Waals surface area contributed by atoms with Gasteiger partial charge in [-0.1, -0.05) is 12.1 Å². The molecule has 3 rings (SSSR count). The Hall–Kier alpha value is -0.640. The summed E-state index contributed by atoms with van der Waals surface area (Å²) in [7, 11) is 0. The maximum absolute atomic E-state index is 13.0. The van der Waals surface area contributed by atoms with Gasteiger partial charge in [-0.05, 0) is 68.9 Å². The highest BCUT2D eigenvalue weighted by molar-refractivity contribution is 5.85. The fourth-order valence-corrected chi connectivity index (χ4v) is 3.50. The zero-order valence-corrected chi connectivity index (χ0v) is 12.7. The first kappa shape index (κ1) is 15.7. The van der Waals surface area contributed by atoms with Gasteiger partial charge in [0.25, 0.3) is 0 Å². The van der Waals surface area contributed by atoms with Gasteiger partial charge in [0, 0.05) is 12.6 Å². The minimum absolute atomic E-state index is 0. The largest absolute Gasteiger partial charge is 0.317 e. The van der Waals surface area contributed by atoms with E-state index in [0.29, 0.717) is 6.04 Å². The fourth-order valence-electron chi connectivity index (χ4n) is 3.50. The average molecular weight is 299 g/mol. The summed E-state index contributed by atoms with van der Waals surface area (Å²) in [6.07, 6.45) is 5.09. The Morgan fingerprint density at radius 1 is 1.10 bits per heavy atom. The summed E-state index contributed by atoms with van der Waals surface area (Å²) in [5.74, 6) is 0.703. The molecule has 0 aromatic heterocycles. The molecule has 1 aromatic carbocycles. The second kappa shape index (κ2) is 7.39. The fraction of sp³-hybridized carbons (Fsp3) is 0.625. The lowest BCUT2D eigenvalue weighted by Gasteiger charge is -2.31. The van der Waals surface area contributed by atoms with E-state index in [1.165, 1.54) is 57.4 Å². The van der Waals surface area contributed by atoms with E-state index in [2.05, 4.69) is 10.2 Å². The number of hydrogen-bond donors (Lipinski definition) is 1. The summed E-state index contributed by atoms with van der Waals surface area (Å²) in [4.78, 5) is 2.61. The van der Waals surface area contributed by atoms with Crippen LogP contribution >= 0.6 is 12.4 Å². The molecule has 0 saturated carbocycles. The lowest BCUT2D eigenvalue weighted by molar-refractivity contribution is 0.193. The first-order chi connectivity index (χ1) is 9.33. The zero-order valence-electron chi connectivity index (χ0n) is 11.9. The third-order valence-corrected chi connectivity index (χ3v) is 4.57. The standard InChI is InChI=1S/C16H23FN2.ClH/c17-15-5-3-14(4-6-15)16-2-1-11-19(16)12-13-7-9-18-10-8-13;/h3-6,13,16,18H,1-2,7-12H2;1H. The molecule has 0 spiro atoms. The highest BCUT2D eigenvalue weighted by Crippen LogP contribution is 2.33. The van der Waals surface area contributed by atoms with Crippen molar-refractivity contribution in [2.75, 3.05) is 26.2 Å². The summed E-state index contributed by atoms with van der Waals surface area (Å²) in [5, 5.41) is 3.43. The van der Waals surface area contributed by atoms with Gasteiger partial charge in [0.15, 0.2) is 0 Å². The van der Waals surface area contributed by atoms with Crippen molar-refractivity contribution < 1.29 is 4.39 Å². The van der Waals surface area contributed by atoms with Crippen LogP contribution < -0.4 is 5.32 Å². The number of rotatable bonds is 3. The van der Waals surface area contributed by atoms with E-state index in [-0.39, 0.29) is 18.2 Å². The number of nitrogens with one attached hydrogen (secondary N) is 1. The SMILES string of the molecule is Cl.Fc1ccc(C2CCCN2CC2CCNCC2)cc1. The molecule has 0 bridgehead atoms. The lowest BCUT2D eigenvalue weighted by Crippen LogP contribution is -2.36. The van der Waals surface area contributed by atoms with E-state index >= 15 is 0 Å². The Balaban J connectivity index is 0.00000147. The van der Waals surface area contributed by atoms with Crippen LogP contribution in [0.5, 0.6) is 0 Å². The third kappa shape index (κ3) is 3.72. The van der Waals surface area contributed by atoms with Crippen molar-refractivity contribution in [3.05, 3.63) is 35.6 Å². The predicted octanol–water partition coefficient (Wildman–Crippen LogP) is 3.38. The Morgan fingerprint density at radius 3 is 2.50 bits per heavy atom. The molecule has 0 amide bonds. The van der Waals surface area contributed by atoms with Crippen molar-refractivity contribution in [1.82, 2.24) is 10.2 Å². The van der Waals surface area contributed by atoms with Gasteiger partial charge in [-0.25, -0.2) is 4.39 Å². The Kier molecular flexibility index (Phi) is 5.82. The molecule has 2 nitrogen and oxygen atoms in total. The van der Waals surface area contributed by atoms with Gasteiger partial charge in [-0.2, -0.15) is 0 Å². The highest BCUT2D eigenvalue weighted by atomic mass is 35.5. The van der Waals surface area contributed by atoms with Crippen LogP contribution in [-0.4, -0.2) is 31.1 Å². The van der Waals surface area contributed by atoms with E-state index in [1.807, 2.05) is 12.1 Å². The number of hydrogen-bond acceptors (Lipinski definition) is 2. The van der Waals surface area contributed by atoms with Gasteiger partial charge in [-0.3, -0.25) is 4.90 Å². The highest BCUT2D eigenvalue weighted by Gasteiger charge is 2.28. The Bertz CT molecular complexity index is 403. The van der Waals surface area contributed by atoms with E-state index in [4.69, 9.17) is 0 Å². The molecule has 0 radical (unpaired) electrons. The molecule has 112 valence electrons. The lowest BCUT2D eigenvalue weighted by atomic mass is 9.96. The van der Waals surface area contributed by atoms with Crippen LogP contribution in [0, 0.1) is 11.7 Å². The molecule has 2 aliphatic rings. The van der Waals surface area contributed by atoms with E-state index in [0.717, 1.165) is 5.92 Å². The van der Waals surface area contributed by atoms with Gasteiger partial charge in [0.2, 0.25) is 0 Å². The van der Waals surface area contributed by atoms with E-state index in [9.17, 15) is 4.39 Å². The second-order valence-electron chi connectivity index (χ2n) is 5.90. The third-order valence-electron chi connectivity index (χ3n) is 4.57. The van der Waals surface area contributed by atoms with Gasteiger partial charge in [0.1, 0.15) is 5.82 Å². The molecular formula is C16H24ClFN2. The summed E-state index contributed by atoms with van der Waals surface area (Å²) in [6, 6.07) is 7.62. The van der Waals surface area contributed by atoms with Crippen LogP contribution in [0.2, 0.25) is 0 Å². The number of benzene rings is 1. The smallest absolute Gasteiger partial charge is 0.123 e. The van der Waals surface area contributed by atoms with Crippen LogP contribution in [0.1, 0.15) is 37.3 Å². The molecule has 20 heavy (non-hydrogen) atoms. The van der Waals surface area contributed by atoms with E-state index in [1.54, 1.807) is 12.1 Å². The van der Waals surface area contributed by atoms with Gasteiger partial charge in [-0.15, -0.1) is 12.4 Å². The molecule has 0 aliphatic carbocycles. The molecule has 2 saturated heterocycles.